The lowest BCUT2D eigenvalue weighted by Crippen LogP contribution is -2.60. The van der Waals surface area contributed by atoms with E-state index in [-0.39, 0.29) is 5.82 Å². The minimum absolute atomic E-state index is 0.0264. The van der Waals surface area contributed by atoms with Gasteiger partial charge in [-0.15, -0.1) is 0 Å². The Labute approximate surface area is 198 Å². The number of phosphoric ester groups is 2. The highest BCUT2D eigenvalue weighted by Crippen LogP contribution is 2.61. The summed E-state index contributed by atoms with van der Waals surface area (Å²) >= 11 is 0. The lowest BCUT2D eigenvalue weighted by Gasteiger charge is -2.39. The van der Waals surface area contributed by atoms with E-state index in [0.717, 1.165) is 6.08 Å². The molecule has 0 saturated carbocycles. The molecule has 9 N–H and O–H groups in total. The second kappa shape index (κ2) is 10.6. The predicted octanol–water partition coefficient (Wildman–Crippen LogP) is -3.11. The molecule has 0 aromatic heterocycles. The molecule has 0 aromatic carbocycles. The van der Waals surface area contributed by atoms with Crippen LogP contribution in [0.15, 0.2) is 24.7 Å². The van der Waals surface area contributed by atoms with Gasteiger partial charge in [-0.3, -0.25) is 13.8 Å². The van der Waals surface area contributed by atoms with Gasteiger partial charge < -0.3 is 55.6 Å². The summed E-state index contributed by atoms with van der Waals surface area (Å²) in [5, 5.41) is 42.5. The molecule has 0 aliphatic carbocycles. The number of amides is 1. The molecule has 17 nitrogen and oxygen atoms in total. The lowest BCUT2D eigenvalue weighted by atomic mass is 9.98. The third-order valence-corrected chi connectivity index (χ3v) is 7.92. The highest BCUT2D eigenvalue weighted by Gasteiger charge is 2.49. The maximum Gasteiger partial charge on any atom is 0.483 e. The standard InChI is InChI=1S/C16H27N3O14P2/c1-6-11(21)10(17)13(23)16(30-6)32-35(27,28)33-34(25,26)29-5-8-12(22)14(24)15(31-8)19-4-3-9(20)18-7(19)2/h3-4,6,8,10-16,21-24H,2,5,17H2,1H3,(H,18,20)(H,25,26)(H,27,28)/t6?,8-,10+,11+,12?,13?,14+,15-,16+/m1/s1. The summed E-state index contributed by atoms with van der Waals surface area (Å²) in [5.74, 6) is -0.453. The minimum atomic E-state index is -5.41. The normalized spacial score (nSPS) is 41.4. The highest BCUT2D eigenvalue weighted by atomic mass is 31.3. The topological polar surface area (TPSA) is 260 Å². The Morgan fingerprint density at radius 2 is 1.77 bits per heavy atom. The predicted molar refractivity (Wildman–Crippen MR) is 111 cm³/mol. The highest BCUT2D eigenvalue weighted by molar-refractivity contribution is 7.61. The van der Waals surface area contributed by atoms with Crippen molar-refractivity contribution in [2.75, 3.05) is 6.61 Å². The summed E-state index contributed by atoms with van der Waals surface area (Å²) in [4.78, 5) is 32.2. The first-order chi connectivity index (χ1) is 16.1. The zero-order valence-corrected chi connectivity index (χ0v) is 19.9. The number of ether oxygens (including phenoxy) is 2. The first-order valence-corrected chi connectivity index (χ1v) is 13.1. The Hall–Kier alpha value is -1.27. The SMILES string of the molecule is C=C1NC(=O)C=CN1[C@@H]1O[C@H](COP(=O)(O)OP(=O)(O)O[C@@H]2OC(C)[C@H](O)[C@H](N)C2O)C(O)[C@@H]1O. The van der Waals surface area contributed by atoms with Crippen LogP contribution >= 0.6 is 15.6 Å². The quantitative estimate of drug-likeness (QED) is 0.140. The Kier molecular flexibility index (Phi) is 8.58. The van der Waals surface area contributed by atoms with Crippen molar-refractivity contribution in [3.05, 3.63) is 24.7 Å². The van der Waals surface area contributed by atoms with E-state index in [2.05, 4.69) is 25.3 Å². The van der Waals surface area contributed by atoms with Gasteiger partial charge in [-0.05, 0) is 6.92 Å². The largest absolute Gasteiger partial charge is 0.483 e. The van der Waals surface area contributed by atoms with E-state index in [1.54, 1.807) is 0 Å². The first-order valence-electron chi connectivity index (χ1n) is 10.1. The monoisotopic (exact) mass is 547 g/mol. The van der Waals surface area contributed by atoms with Crippen molar-refractivity contribution in [2.24, 2.45) is 5.73 Å². The molecule has 0 radical (unpaired) electrons. The van der Waals surface area contributed by atoms with Crippen molar-refractivity contribution in [1.82, 2.24) is 10.2 Å². The van der Waals surface area contributed by atoms with Crippen LogP contribution in [0.25, 0.3) is 0 Å². The van der Waals surface area contributed by atoms with Crippen LogP contribution in [-0.4, -0.2) is 103 Å². The van der Waals surface area contributed by atoms with Gasteiger partial charge >= 0.3 is 15.6 Å². The molecule has 0 aromatic rings. The van der Waals surface area contributed by atoms with Crippen LogP contribution < -0.4 is 11.1 Å². The van der Waals surface area contributed by atoms with Crippen LogP contribution in [0.3, 0.4) is 0 Å². The fraction of sp³-hybridized carbons (Fsp3) is 0.688. The number of aliphatic hydroxyl groups is 4. The van der Waals surface area contributed by atoms with E-state index >= 15 is 0 Å². The molecule has 3 aliphatic heterocycles. The number of aliphatic hydroxyl groups excluding tert-OH is 4. The third-order valence-electron chi connectivity index (χ3n) is 5.32. The van der Waals surface area contributed by atoms with Gasteiger partial charge in [0.1, 0.15) is 30.2 Å². The van der Waals surface area contributed by atoms with Gasteiger partial charge in [0.05, 0.1) is 24.9 Å². The molecular weight excluding hydrogens is 520 g/mol. The van der Waals surface area contributed by atoms with Crippen molar-refractivity contribution in [2.45, 2.75) is 62.1 Å². The van der Waals surface area contributed by atoms with Gasteiger partial charge in [-0.25, -0.2) is 9.13 Å². The maximum absolute atomic E-state index is 12.2. The molecule has 200 valence electrons. The van der Waals surface area contributed by atoms with E-state index in [0.29, 0.717) is 0 Å². The Bertz CT molecular complexity index is 950. The number of nitrogens with two attached hydrogens (primary N) is 1. The number of rotatable bonds is 8. The molecular formula is C16H27N3O14P2. The number of hydrogen-bond donors (Lipinski definition) is 8. The Morgan fingerprint density at radius 1 is 1.11 bits per heavy atom. The van der Waals surface area contributed by atoms with Gasteiger partial charge in [-0.1, -0.05) is 6.58 Å². The zero-order chi connectivity index (χ0) is 26.3. The summed E-state index contributed by atoms with van der Waals surface area (Å²) in [7, 11) is -10.8. The smallest absolute Gasteiger partial charge is 0.389 e. The van der Waals surface area contributed by atoms with Gasteiger partial charge in [-0.2, -0.15) is 4.31 Å². The van der Waals surface area contributed by atoms with E-state index in [1.165, 1.54) is 18.0 Å². The molecule has 0 spiro atoms. The van der Waals surface area contributed by atoms with Gasteiger partial charge in [0.2, 0.25) is 0 Å². The molecule has 3 rings (SSSR count). The van der Waals surface area contributed by atoms with E-state index in [1.807, 2.05) is 0 Å². The number of carbonyl (C=O) groups is 1. The number of nitrogens with one attached hydrogen (secondary N) is 1. The van der Waals surface area contributed by atoms with E-state index in [9.17, 15) is 44.1 Å². The summed E-state index contributed by atoms with van der Waals surface area (Å²) < 4.78 is 48.2. The molecule has 2 fully saturated rings. The third kappa shape index (κ3) is 6.54. The summed E-state index contributed by atoms with van der Waals surface area (Å²) in [5.41, 5.74) is 5.58. The van der Waals surface area contributed by atoms with E-state index in [4.69, 9.17) is 15.2 Å². The van der Waals surface area contributed by atoms with Crippen molar-refractivity contribution in [3.63, 3.8) is 0 Å². The first kappa shape index (κ1) is 28.3. The van der Waals surface area contributed by atoms with Crippen molar-refractivity contribution >= 4 is 21.6 Å². The average Bonchev–Trinajstić information content (AvgIpc) is 3.02. The Balaban J connectivity index is 1.57. The molecule has 11 atom stereocenters. The molecule has 2 saturated heterocycles. The van der Waals surface area contributed by atoms with E-state index < -0.39 is 83.3 Å². The fourth-order valence-electron chi connectivity index (χ4n) is 3.45. The molecule has 0 bridgehead atoms. The van der Waals surface area contributed by atoms with Crippen LogP contribution in [0.5, 0.6) is 0 Å². The second-order valence-electron chi connectivity index (χ2n) is 7.89. The molecule has 3 aliphatic rings. The molecule has 1 amide bonds. The van der Waals surface area contributed by atoms with Gasteiger partial charge in [0, 0.05) is 12.3 Å². The van der Waals surface area contributed by atoms with Crippen molar-refractivity contribution in [1.29, 1.82) is 0 Å². The van der Waals surface area contributed by atoms with Crippen molar-refractivity contribution in [3.8, 4) is 0 Å². The van der Waals surface area contributed by atoms with Crippen molar-refractivity contribution < 1.29 is 67.0 Å². The number of carbonyl (C=O) groups excluding carboxylic acids is 1. The lowest BCUT2D eigenvalue weighted by molar-refractivity contribution is -0.240. The van der Waals surface area contributed by atoms with Crippen LogP contribution in [0.1, 0.15) is 6.92 Å². The maximum atomic E-state index is 12.2. The summed E-state index contributed by atoms with van der Waals surface area (Å²) in [6, 6.07) is -1.32. The average molecular weight is 547 g/mol. The zero-order valence-electron chi connectivity index (χ0n) is 18.1. The van der Waals surface area contributed by atoms with Crippen LogP contribution in [0, 0.1) is 0 Å². The number of phosphoric acid groups is 2. The Morgan fingerprint density at radius 3 is 2.40 bits per heavy atom. The van der Waals surface area contributed by atoms with Gasteiger partial charge in [0.15, 0.2) is 12.5 Å². The van der Waals surface area contributed by atoms with Gasteiger partial charge in [0.25, 0.3) is 5.91 Å². The minimum Gasteiger partial charge on any atom is -0.389 e. The molecule has 5 unspecified atom stereocenters. The molecule has 35 heavy (non-hydrogen) atoms. The second-order valence-corrected chi connectivity index (χ2v) is 10.9. The molecule has 3 heterocycles. The van der Waals surface area contributed by atoms with Crippen LogP contribution in [0.2, 0.25) is 0 Å². The summed E-state index contributed by atoms with van der Waals surface area (Å²) in [6.07, 6.45) is -9.56. The summed E-state index contributed by atoms with van der Waals surface area (Å²) in [6.45, 7) is 4.03. The number of nitrogens with zero attached hydrogens (tertiary/aromatic N) is 1. The van der Waals surface area contributed by atoms with Crippen LogP contribution in [0.4, 0.5) is 0 Å². The number of hydrogen-bond acceptors (Lipinski definition) is 14. The van der Waals surface area contributed by atoms with Crippen LogP contribution in [-0.2, 0) is 36.8 Å². The molecule has 19 heteroatoms. The fourth-order valence-corrected chi connectivity index (χ4v) is 5.61.